The first-order chi connectivity index (χ1) is 17.0. The van der Waals surface area contributed by atoms with Crippen LogP contribution >= 0.6 is 0 Å². The van der Waals surface area contributed by atoms with Gasteiger partial charge in [0.05, 0.1) is 16.9 Å². The minimum absolute atomic E-state index is 0.0192. The van der Waals surface area contributed by atoms with Crippen LogP contribution < -0.4 is 10.6 Å². The number of rotatable bonds is 6. The van der Waals surface area contributed by atoms with Crippen molar-refractivity contribution in [3.63, 3.8) is 0 Å². The Kier molecular flexibility index (Phi) is 7.23. The highest BCUT2D eigenvalue weighted by Gasteiger charge is 2.37. The van der Waals surface area contributed by atoms with E-state index in [1.807, 2.05) is 0 Å². The van der Waals surface area contributed by atoms with Gasteiger partial charge in [0.2, 0.25) is 5.92 Å². The predicted molar refractivity (Wildman–Crippen MR) is 127 cm³/mol. The molecule has 0 spiro atoms. The van der Waals surface area contributed by atoms with Crippen molar-refractivity contribution < 1.29 is 26.7 Å². The first-order valence-electron chi connectivity index (χ1n) is 11.6. The Hall–Kier alpha value is -3.56. The molecule has 3 aromatic rings. The lowest BCUT2D eigenvalue weighted by molar-refractivity contribution is -0.0384. The van der Waals surface area contributed by atoms with Gasteiger partial charge in [-0.05, 0) is 57.0 Å². The van der Waals surface area contributed by atoms with Crippen molar-refractivity contribution in [2.45, 2.75) is 57.4 Å². The van der Waals surface area contributed by atoms with Gasteiger partial charge in [-0.15, -0.1) is 0 Å². The van der Waals surface area contributed by atoms with Crippen LogP contribution in [0, 0.1) is 17.5 Å². The maximum atomic E-state index is 14.7. The standard InChI is InChI=1S/C26H25F5N4O/c1-14(2)34-24-21(29)11-16(13-33-24)25(36)35-23-18(19-12-17(27)3-4-20(19)28)7-10-32-22(23)15-5-8-26(30,31)9-6-15/h3-4,7,10-15H,5-6,8-9H2,1-2H3,(H,33,34)(H,35,36). The van der Waals surface area contributed by atoms with Crippen LogP contribution in [-0.4, -0.2) is 27.8 Å². The number of pyridine rings is 2. The van der Waals surface area contributed by atoms with Gasteiger partial charge in [0.15, 0.2) is 11.6 Å². The fourth-order valence-corrected chi connectivity index (χ4v) is 4.29. The Morgan fingerprint density at radius 1 is 1.00 bits per heavy atom. The highest BCUT2D eigenvalue weighted by atomic mass is 19.3. The van der Waals surface area contributed by atoms with Crippen LogP contribution in [0.25, 0.3) is 11.1 Å². The Labute approximate surface area is 205 Å². The summed E-state index contributed by atoms with van der Waals surface area (Å²) in [4.78, 5) is 21.4. The molecule has 0 bridgehead atoms. The van der Waals surface area contributed by atoms with Gasteiger partial charge in [-0.2, -0.15) is 0 Å². The van der Waals surface area contributed by atoms with Crippen LogP contribution in [0.1, 0.15) is 61.5 Å². The summed E-state index contributed by atoms with van der Waals surface area (Å²) in [5, 5.41) is 5.46. The second-order valence-electron chi connectivity index (χ2n) is 9.18. The zero-order chi connectivity index (χ0) is 26.0. The van der Waals surface area contributed by atoms with Crippen LogP contribution in [0.4, 0.5) is 33.5 Å². The molecule has 36 heavy (non-hydrogen) atoms. The number of alkyl halides is 2. The molecule has 1 aliphatic rings. The third-order valence-electron chi connectivity index (χ3n) is 6.07. The summed E-state index contributed by atoms with van der Waals surface area (Å²) < 4.78 is 70.8. The van der Waals surface area contributed by atoms with Gasteiger partial charge >= 0.3 is 0 Å². The largest absolute Gasteiger partial charge is 0.365 e. The molecule has 1 aliphatic carbocycles. The van der Waals surface area contributed by atoms with Gasteiger partial charge in [0, 0.05) is 48.3 Å². The molecule has 1 fully saturated rings. The molecule has 2 aromatic heterocycles. The average molecular weight is 505 g/mol. The van der Waals surface area contributed by atoms with E-state index in [1.165, 1.54) is 18.5 Å². The summed E-state index contributed by atoms with van der Waals surface area (Å²) in [6.07, 6.45) is 2.04. The third kappa shape index (κ3) is 5.63. The van der Waals surface area contributed by atoms with Crippen molar-refractivity contribution in [1.82, 2.24) is 9.97 Å². The number of hydrogen-bond donors (Lipinski definition) is 2. The van der Waals surface area contributed by atoms with E-state index in [4.69, 9.17) is 0 Å². The van der Waals surface area contributed by atoms with Gasteiger partial charge in [-0.3, -0.25) is 9.78 Å². The van der Waals surface area contributed by atoms with Crippen molar-refractivity contribution in [2.75, 3.05) is 10.6 Å². The molecule has 0 saturated heterocycles. The number of carbonyl (C=O) groups excluding carboxylic acids is 1. The Morgan fingerprint density at radius 3 is 2.39 bits per heavy atom. The number of anilines is 2. The Balaban J connectivity index is 1.75. The lowest BCUT2D eigenvalue weighted by Crippen LogP contribution is -2.25. The van der Waals surface area contributed by atoms with Crippen LogP contribution in [0.2, 0.25) is 0 Å². The lowest BCUT2D eigenvalue weighted by atomic mass is 9.83. The predicted octanol–water partition coefficient (Wildman–Crippen LogP) is 6.93. The quantitative estimate of drug-likeness (QED) is 0.358. The van der Waals surface area contributed by atoms with Crippen molar-refractivity contribution in [3.8, 4) is 11.1 Å². The molecule has 2 heterocycles. The Bertz CT molecular complexity index is 1270. The number of amides is 1. The zero-order valence-electron chi connectivity index (χ0n) is 19.7. The molecular formula is C26H25F5N4O. The second kappa shape index (κ2) is 10.2. The minimum atomic E-state index is -2.79. The molecule has 0 unspecified atom stereocenters. The normalized spacial score (nSPS) is 15.7. The molecular weight excluding hydrogens is 479 g/mol. The van der Waals surface area contributed by atoms with Crippen molar-refractivity contribution in [2.24, 2.45) is 0 Å². The summed E-state index contributed by atoms with van der Waals surface area (Å²) in [5.74, 6) is -6.19. The van der Waals surface area contributed by atoms with E-state index in [2.05, 4.69) is 20.6 Å². The van der Waals surface area contributed by atoms with Gasteiger partial charge in [-0.25, -0.2) is 26.9 Å². The summed E-state index contributed by atoms with van der Waals surface area (Å²) in [7, 11) is 0. The number of carbonyl (C=O) groups is 1. The minimum Gasteiger partial charge on any atom is -0.365 e. The topological polar surface area (TPSA) is 66.9 Å². The van der Waals surface area contributed by atoms with Crippen LogP contribution in [0.15, 0.2) is 42.7 Å². The molecule has 190 valence electrons. The molecule has 0 radical (unpaired) electrons. The van der Waals surface area contributed by atoms with E-state index in [9.17, 15) is 26.7 Å². The van der Waals surface area contributed by atoms with Crippen LogP contribution in [-0.2, 0) is 0 Å². The fourth-order valence-electron chi connectivity index (χ4n) is 4.29. The number of halogens is 5. The lowest BCUT2D eigenvalue weighted by Gasteiger charge is -2.29. The molecule has 0 aliphatic heterocycles. The zero-order valence-corrected chi connectivity index (χ0v) is 19.7. The number of benzene rings is 1. The first kappa shape index (κ1) is 25.5. The summed E-state index contributed by atoms with van der Waals surface area (Å²) in [5.41, 5.74) is 0.237. The van der Waals surface area contributed by atoms with Crippen molar-refractivity contribution in [3.05, 3.63) is 71.4 Å². The van der Waals surface area contributed by atoms with Crippen LogP contribution in [0.3, 0.4) is 0 Å². The van der Waals surface area contributed by atoms with E-state index in [0.29, 0.717) is 0 Å². The highest BCUT2D eigenvalue weighted by molar-refractivity contribution is 6.06. The average Bonchev–Trinajstić information content (AvgIpc) is 2.82. The van der Waals surface area contributed by atoms with E-state index in [1.54, 1.807) is 13.8 Å². The molecule has 5 nitrogen and oxygen atoms in total. The number of hydrogen-bond acceptors (Lipinski definition) is 4. The van der Waals surface area contributed by atoms with Crippen molar-refractivity contribution >= 4 is 17.4 Å². The molecule has 2 N–H and O–H groups in total. The van der Waals surface area contributed by atoms with Crippen molar-refractivity contribution in [1.29, 1.82) is 0 Å². The van der Waals surface area contributed by atoms with E-state index in [-0.39, 0.29) is 65.6 Å². The molecule has 1 aromatic carbocycles. The van der Waals surface area contributed by atoms with Crippen LogP contribution in [0.5, 0.6) is 0 Å². The summed E-state index contributed by atoms with van der Waals surface area (Å²) in [6.45, 7) is 3.61. The molecule has 1 saturated carbocycles. The van der Waals surface area contributed by atoms with E-state index < -0.39 is 35.2 Å². The van der Waals surface area contributed by atoms with Gasteiger partial charge in [-0.1, -0.05) is 0 Å². The number of aromatic nitrogens is 2. The number of nitrogens with one attached hydrogen (secondary N) is 2. The first-order valence-corrected chi connectivity index (χ1v) is 11.6. The number of nitrogens with zero attached hydrogens (tertiary/aromatic N) is 2. The summed E-state index contributed by atoms with van der Waals surface area (Å²) in [6, 6.07) is 5.22. The maximum absolute atomic E-state index is 14.7. The van der Waals surface area contributed by atoms with E-state index in [0.717, 1.165) is 24.3 Å². The summed E-state index contributed by atoms with van der Waals surface area (Å²) >= 11 is 0. The smallest absolute Gasteiger partial charge is 0.257 e. The monoisotopic (exact) mass is 504 g/mol. The molecule has 4 rings (SSSR count). The van der Waals surface area contributed by atoms with Gasteiger partial charge < -0.3 is 10.6 Å². The second-order valence-corrected chi connectivity index (χ2v) is 9.18. The molecule has 0 atom stereocenters. The highest BCUT2D eigenvalue weighted by Crippen LogP contribution is 2.44. The van der Waals surface area contributed by atoms with Gasteiger partial charge in [0.25, 0.3) is 5.91 Å². The van der Waals surface area contributed by atoms with Gasteiger partial charge in [0.1, 0.15) is 11.6 Å². The SMILES string of the molecule is CC(C)Nc1ncc(C(=O)Nc2c(-c3cc(F)ccc3F)ccnc2C2CCC(F)(F)CC2)cc1F. The molecule has 1 amide bonds. The maximum Gasteiger partial charge on any atom is 0.257 e. The van der Waals surface area contributed by atoms with E-state index >= 15 is 0 Å². The third-order valence-corrected chi connectivity index (χ3v) is 6.07. The molecule has 10 heteroatoms. The Morgan fingerprint density at radius 2 is 1.72 bits per heavy atom. The fraction of sp³-hybridized carbons (Fsp3) is 0.346.